The number of nitrogens with one attached hydrogen (secondary N) is 1. The molecule has 6 heteroatoms. The third kappa shape index (κ3) is 2.57. The smallest absolute Gasteiger partial charge is 0.250 e. The van der Waals surface area contributed by atoms with Crippen molar-refractivity contribution >= 4 is 23.4 Å². The molecule has 2 rings (SSSR count). The monoisotopic (exact) mass is 261 g/mol. The molecular formula is C13H15N3O3. The summed E-state index contributed by atoms with van der Waals surface area (Å²) in [6.07, 6.45) is 0.853. The summed E-state index contributed by atoms with van der Waals surface area (Å²) in [6, 6.07) is 6.02. The van der Waals surface area contributed by atoms with E-state index in [0.29, 0.717) is 18.5 Å². The van der Waals surface area contributed by atoms with Gasteiger partial charge in [-0.3, -0.25) is 14.4 Å². The maximum Gasteiger partial charge on any atom is 0.250 e. The highest BCUT2D eigenvalue weighted by Crippen LogP contribution is 2.20. The van der Waals surface area contributed by atoms with E-state index in [2.05, 4.69) is 5.32 Å². The first kappa shape index (κ1) is 13.1. The van der Waals surface area contributed by atoms with Gasteiger partial charge in [-0.1, -0.05) is 12.1 Å². The highest BCUT2D eigenvalue weighted by molar-refractivity contribution is 6.05. The Morgan fingerprint density at radius 2 is 2.05 bits per heavy atom. The van der Waals surface area contributed by atoms with E-state index in [9.17, 15) is 14.4 Å². The van der Waals surface area contributed by atoms with E-state index >= 15 is 0 Å². The zero-order valence-electron chi connectivity index (χ0n) is 10.6. The molecule has 1 aromatic rings. The van der Waals surface area contributed by atoms with E-state index in [4.69, 9.17) is 5.73 Å². The van der Waals surface area contributed by atoms with Crippen molar-refractivity contribution in [2.24, 2.45) is 5.73 Å². The lowest BCUT2D eigenvalue weighted by Gasteiger charge is -2.19. The van der Waals surface area contributed by atoms with E-state index in [-0.39, 0.29) is 17.4 Å². The van der Waals surface area contributed by atoms with Crippen LogP contribution in [-0.4, -0.2) is 35.7 Å². The first-order valence-electron chi connectivity index (χ1n) is 5.96. The van der Waals surface area contributed by atoms with Gasteiger partial charge in [-0.15, -0.1) is 0 Å². The van der Waals surface area contributed by atoms with Crippen LogP contribution in [0.2, 0.25) is 0 Å². The highest BCUT2D eigenvalue weighted by atomic mass is 16.2. The van der Waals surface area contributed by atoms with Crippen LogP contribution in [0.5, 0.6) is 0 Å². The number of carbonyl (C=O) groups is 3. The van der Waals surface area contributed by atoms with Crippen LogP contribution in [0.4, 0.5) is 5.69 Å². The number of hydrogen-bond donors (Lipinski definition) is 2. The topological polar surface area (TPSA) is 92.5 Å². The largest absolute Gasteiger partial charge is 0.366 e. The lowest BCUT2D eigenvalue weighted by Crippen LogP contribution is -2.39. The Morgan fingerprint density at radius 3 is 2.63 bits per heavy atom. The minimum absolute atomic E-state index is 0.0525. The van der Waals surface area contributed by atoms with Gasteiger partial charge in [0.15, 0.2) is 0 Å². The molecule has 1 fully saturated rings. The van der Waals surface area contributed by atoms with Crippen LogP contribution in [0.3, 0.4) is 0 Å². The number of anilines is 1. The fourth-order valence-corrected chi connectivity index (χ4v) is 2.13. The number of rotatable bonds is 3. The molecule has 0 bridgehead atoms. The quantitative estimate of drug-likeness (QED) is 0.822. The average Bonchev–Trinajstić information content (AvgIpc) is 2.70. The summed E-state index contributed by atoms with van der Waals surface area (Å²) >= 11 is 0. The minimum atomic E-state index is -0.605. The van der Waals surface area contributed by atoms with Crippen LogP contribution in [0.1, 0.15) is 23.2 Å². The third-order valence-corrected chi connectivity index (χ3v) is 3.25. The van der Waals surface area contributed by atoms with Gasteiger partial charge in [-0.25, -0.2) is 0 Å². The molecular weight excluding hydrogens is 246 g/mol. The van der Waals surface area contributed by atoms with Crippen LogP contribution >= 0.6 is 0 Å². The van der Waals surface area contributed by atoms with Crippen LogP contribution in [0.15, 0.2) is 24.3 Å². The number of amides is 3. The summed E-state index contributed by atoms with van der Waals surface area (Å²) in [4.78, 5) is 36.1. The van der Waals surface area contributed by atoms with Crippen molar-refractivity contribution in [3.8, 4) is 0 Å². The molecule has 1 atom stereocenters. The van der Waals surface area contributed by atoms with E-state index < -0.39 is 11.9 Å². The molecule has 1 aliphatic rings. The second-order valence-corrected chi connectivity index (χ2v) is 4.46. The molecule has 0 radical (unpaired) electrons. The van der Waals surface area contributed by atoms with Crippen molar-refractivity contribution in [3.05, 3.63) is 29.8 Å². The lowest BCUT2D eigenvalue weighted by molar-refractivity contribution is -0.131. The Hall–Kier alpha value is -2.37. The summed E-state index contributed by atoms with van der Waals surface area (Å²) in [5, 5.41) is 2.65. The van der Waals surface area contributed by atoms with Crippen molar-refractivity contribution < 1.29 is 14.4 Å². The number of primary amides is 1. The average molecular weight is 261 g/mol. The minimum Gasteiger partial charge on any atom is -0.366 e. The van der Waals surface area contributed by atoms with Gasteiger partial charge < -0.3 is 16.0 Å². The van der Waals surface area contributed by atoms with Gasteiger partial charge in [0.25, 0.3) is 5.91 Å². The molecule has 1 heterocycles. The SMILES string of the molecule is CN1C(=O)CCC1C(=O)Nc1ccccc1C(N)=O. The highest BCUT2D eigenvalue weighted by Gasteiger charge is 2.33. The zero-order chi connectivity index (χ0) is 14.0. The Balaban J connectivity index is 2.16. The van der Waals surface area contributed by atoms with E-state index in [1.165, 1.54) is 4.90 Å². The summed E-state index contributed by atoms with van der Waals surface area (Å²) in [7, 11) is 1.60. The fourth-order valence-electron chi connectivity index (χ4n) is 2.13. The van der Waals surface area contributed by atoms with Crippen LogP contribution < -0.4 is 11.1 Å². The number of para-hydroxylation sites is 1. The van der Waals surface area contributed by atoms with Crippen molar-refractivity contribution in [1.82, 2.24) is 4.90 Å². The number of nitrogens with two attached hydrogens (primary N) is 1. The van der Waals surface area contributed by atoms with Gasteiger partial charge in [-0.2, -0.15) is 0 Å². The summed E-state index contributed by atoms with van der Waals surface area (Å²) in [5.74, 6) is -0.961. The summed E-state index contributed by atoms with van der Waals surface area (Å²) in [6.45, 7) is 0. The number of nitrogens with zero attached hydrogens (tertiary/aromatic N) is 1. The number of likely N-dealkylation sites (tertiary alicyclic amines) is 1. The first-order valence-corrected chi connectivity index (χ1v) is 5.96. The molecule has 1 aromatic carbocycles. The number of benzene rings is 1. The Kier molecular flexibility index (Phi) is 3.50. The molecule has 0 saturated carbocycles. The number of likely N-dealkylation sites (N-methyl/N-ethyl adjacent to an activating group) is 1. The normalized spacial score (nSPS) is 18.5. The third-order valence-electron chi connectivity index (χ3n) is 3.25. The van der Waals surface area contributed by atoms with Crippen molar-refractivity contribution in [2.75, 3.05) is 12.4 Å². The maximum atomic E-state index is 12.1. The van der Waals surface area contributed by atoms with Crippen LogP contribution in [0.25, 0.3) is 0 Å². The van der Waals surface area contributed by atoms with E-state index in [1.54, 1.807) is 31.3 Å². The Morgan fingerprint density at radius 1 is 1.37 bits per heavy atom. The lowest BCUT2D eigenvalue weighted by atomic mass is 10.1. The maximum absolute atomic E-state index is 12.1. The number of carbonyl (C=O) groups excluding carboxylic acids is 3. The predicted octanol–water partition coefficient (Wildman–Crippen LogP) is 0.345. The number of hydrogen-bond acceptors (Lipinski definition) is 3. The fraction of sp³-hybridized carbons (Fsp3) is 0.308. The molecule has 1 unspecified atom stereocenters. The zero-order valence-corrected chi connectivity index (χ0v) is 10.6. The van der Waals surface area contributed by atoms with Gasteiger partial charge in [0.05, 0.1) is 11.3 Å². The van der Waals surface area contributed by atoms with Gasteiger partial charge in [-0.05, 0) is 18.6 Å². The molecule has 1 aliphatic heterocycles. The van der Waals surface area contributed by atoms with Crippen LogP contribution in [0, 0.1) is 0 Å². The molecule has 0 aliphatic carbocycles. The molecule has 1 saturated heterocycles. The molecule has 6 nitrogen and oxygen atoms in total. The molecule has 19 heavy (non-hydrogen) atoms. The van der Waals surface area contributed by atoms with Gasteiger partial charge >= 0.3 is 0 Å². The van der Waals surface area contributed by atoms with Gasteiger partial charge in [0.1, 0.15) is 6.04 Å². The van der Waals surface area contributed by atoms with Gasteiger partial charge in [0.2, 0.25) is 11.8 Å². The van der Waals surface area contributed by atoms with Gasteiger partial charge in [0, 0.05) is 13.5 Å². The van der Waals surface area contributed by atoms with Crippen molar-refractivity contribution in [1.29, 1.82) is 0 Å². The molecule has 3 N–H and O–H groups in total. The molecule has 0 aromatic heterocycles. The predicted molar refractivity (Wildman–Crippen MR) is 69.4 cm³/mol. The second-order valence-electron chi connectivity index (χ2n) is 4.46. The van der Waals surface area contributed by atoms with Crippen molar-refractivity contribution in [2.45, 2.75) is 18.9 Å². The summed E-state index contributed by atoms with van der Waals surface area (Å²) < 4.78 is 0. The van der Waals surface area contributed by atoms with Crippen LogP contribution in [-0.2, 0) is 9.59 Å². The first-order chi connectivity index (χ1) is 9.00. The second kappa shape index (κ2) is 5.09. The van der Waals surface area contributed by atoms with E-state index in [0.717, 1.165) is 0 Å². The Bertz CT molecular complexity index is 542. The molecule has 100 valence electrons. The van der Waals surface area contributed by atoms with Crippen molar-refractivity contribution in [3.63, 3.8) is 0 Å². The standard InChI is InChI=1S/C13H15N3O3/c1-16-10(6-7-11(16)17)13(19)15-9-5-3-2-4-8(9)12(14)18/h2-5,10H,6-7H2,1H3,(H2,14,18)(H,15,19). The molecule has 0 spiro atoms. The Labute approximate surface area is 110 Å². The summed E-state index contributed by atoms with van der Waals surface area (Å²) in [5.41, 5.74) is 5.86. The van der Waals surface area contributed by atoms with E-state index in [1.807, 2.05) is 0 Å². The molecule has 3 amide bonds.